The molecule has 0 aromatic heterocycles. The van der Waals surface area contributed by atoms with Crippen LogP contribution in [0.3, 0.4) is 0 Å². The summed E-state index contributed by atoms with van der Waals surface area (Å²) in [5, 5.41) is 8.07. The molecule has 2 N–H and O–H groups in total. The molecule has 0 aromatic carbocycles. The Morgan fingerprint density at radius 2 is 1.29 bits per heavy atom. The van der Waals surface area contributed by atoms with E-state index in [0.717, 1.165) is 24.3 Å². The monoisotopic (exact) mass is 476 g/mol. The molecule has 2 saturated carbocycles. The topological polar surface area (TPSA) is 42.5 Å². The molecule has 0 spiro atoms. The van der Waals surface area contributed by atoms with Crippen molar-refractivity contribution in [3.63, 3.8) is 0 Å². The van der Waals surface area contributed by atoms with E-state index in [-0.39, 0.29) is 0 Å². The number of piperidine rings is 2. The number of methoxy groups -OCH3 is 2. The second kappa shape index (κ2) is 13.4. The third-order valence-electron chi connectivity index (χ3n) is 10.5. The molecule has 4 rings (SSSR count). The van der Waals surface area contributed by atoms with E-state index in [0.29, 0.717) is 23.9 Å². The van der Waals surface area contributed by atoms with Crippen LogP contribution in [-0.2, 0) is 9.47 Å². The fraction of sp³-hybridized carbons (Fsp3) is 1.00. The van der Waals surface area contributed by atoms with Crippen molar-refractivity contribution in [2.75, 3.05) is 27.3 Å². The van der Waals surface area contributed by atoms with E-state index in [4.69, 9.17) is 9.47 Å². The summed E-state index contributed by atoms with van der Waals surface area (Å²) in [5.74, 6) is 3.13. The molecule has 0 aromatic rings. The molecule has 2 heterocycles. The molecule has 4 heteroatoms. The molecule has 2 aliphatic heterocycles. The molecule has 2 aliphatic carbocycles. The first-order valence-corrected chi connectivity index (χ1v) is 15.3. The highest BCUT2D eigenvalue weighted by atomic mass is 16.7. The Morgan fingerprint density at radius 1 is 0.706 bits per heavy atom. The van der Waals surface area contributed by atoms with Crippen molar-refractivity contribution in [3.05, 3.63) is 0 Å². The maximum Gasteiger partial charge on any atom is 0.187 e. The molecule has 198 valence electrons. The van der Waals surface area contributed by atoms with Crippen molar-refractivity contribution in [2.45, 2.75) is 134 Å². The Labute approximate surface area is 211 Å². The van der Waals surface area contributed by atoms with Crippen LogP contribution in [0.2, 0.25) is 0 Å². The van der Waals surface area contributed by atoms with Crippen molar-refractivity contribution in [2.24, 2.45) is 29.6 Å². The average molecular weight is 477 g/mol. The van der Waals surface area contributed by atoms with E-state index in [1.165, 1.54) is 116 Å². The van der Waals surface area contributed by atoms with Crippen LogP contribution >= 0.6 is 0 Å². The van der Waals surface area contributed by atoms with Crippen LogP contribution in [0.1, 0.15) is 116 Å². The Bertz CT molecular complexity index is 576. The predicted octanol–water partition coefficient (Wildman–Crippen LogP) is 6.68. The molecule has 7 atom stereocenters. The molecule has 7 unspecified atom stereocenters. The van der Waals surface area contributed by atoms with Gasteiger partial charge in [0.25, 0.3) is 0 Å². The van der Waals surface area contributed by atoms with Gasteiger partial charge in [0.05, 0.1) is 6.04 Å². The maximum atomic E-state index is 6.64. The summed E-state index contributed by atoms with van der Waals surface area (Å²) < 4.78 is 13.3. The summed E-state index contributed by atoms with van der Waals surface area (Å²) in [6, 6.07) is 0.845. The van der Waals surface area contributed by atoms with E-state index in [1.54, 1.807) is 0 Å². The number of nitrogens with one attached hydrogen (secondary N) is 2. The largest absolute Gasteiger partial charge is 0.351 e. The van der Waals surface area contributed by atoms with Crippen LogP contribution < -0.4 is 10.6 Å². The minimum Gasteiger partial charge on any atom is -0.351 e. The summed E-state index contributed by atoms with van der Waals surface area (Å²) in [6.45, 7) is 4.60. The smallest absolute Gasteiger partial charge is 0.187 e. The van der Waals surface area contributed by atoms with Crippen molar-refractivity contribution < 1.29 is 9.47 Å². The molecular weight excluding hydrogens is 420 g/mol. The van der Waals surface area contributed by atoms with Crippen molar-refractivity contribution in [1.29, 1.82) is 0 Å². The lowest BCUT2D eigenvalue weighted by molar-refractivity contribution is -0.281. The highest BCUT2D eigenvalue weighted by Gasteiger charge is 2.56. The van der Waals surface area contributed by atoms with Gasteiger partial charge in [-0.15, -0.1) is 0 Å². The molecule has 2 saturated heterocycles. The van der Waals surface area contributed by atoms with Crippen LogP contribution in [0, 0.1) is 29.6 Å². The first-order valence-electron chi connectivity index (χ1n) is 15.3. The lowest BCUT2D eigenvalue weighted by Gasteiger charge is -2.56. The summed E-state index contributed by atoms with van der Waals surface area (Å²) in [4.78, 5) is 0. The lowest BCUT2D eigenvalue weighted by Crippen LogP contribution is -2.69. The van der Waals surface area contributed by atoms with Crippen molar-refractivity contribution >= 4 is 0 Å². The van der Waals surface area contributed by atoms with E-state index in [1.807, 2.05) is 14.2 Å². The number of hydrogen-bond donors (Lipinski definition) is 2. The highest BCUT2D eigenvalue weighted by molar-refractivity contribution is 5.06. The average Bonchev–Trinajstić information content (AvgIpc) is 2.90. The van der Waals surface area contributed by atoms with Gasteiger partial charge in [0.1, 0.15) is 0 Å². The fourth-order valence-electron chi connectivity index (χ4n) is 8.79. The Hall–Kier alpha value is -0.160. The minimum absolute atomic E-state index is 0.317. The van der Waals surface area contributed by atoms with E-state index in [9.17, 15) is 0 Å². The second-order valence-corrected chi connectivity index (χ2v) is 12.2. The summed E-state index contributed by atoms with van der Waals surface area (Å²) in [6.07, 6.45) is 23.2. The lowest BCUT2D eigenvalue weighted by atomic mass is 9.62. The maximum absolute atomic E-state index is 6.64. The van der Waals surface area contributed by atoms with Gasteiger partial charge in [-0.3, -0.25) is 0 Å². The molecule has 4 nitrogen and oxygen atoms in total. The van der Waals surface area contributed by atoms with Gasteiger partial charge >= 0.3 is 0 Å². The fourth-order valence-corrected chi connectivity index (χ4v) is 8.79. The Kier molecular flexibility index (Phi) is 10.6. The van der Waals surface area contributed by atoms with Gasteiger partial charge in [0, 0.05) is 26.2 Å². The van der Waals surface area contributed by atoms with Crippen LogP contribution in [0.4, 0.5) is 0 Å². The van der Waals surface area contributed by atoms with Gasteiger partial charge in [-0.25, -0.2) is 0 Å². The molecular formula is C30H56N2O2. The predicted molar refractivity (Wildman–Crippen MR) is 142 cm³/mol. The third-order valence-corrected chi connectivity index (χ3v) is 10.5. The van der Waals surface area contributed by atoms with E-state index < -0.39 is 5.79 Å². The molecule has 4 fully saturated rings. The molecule has 34 heavy (non-hydrogen) atoms. The van der Waals surface area contributed by atoms with Crippen LogP contribution in [-0.4, -0.2) is 45.2 Å². The minimum atomic E-state index is -0.527. The Balaban J connectivity index is 1.58. The van der Waals surface area contributed by atoms with Gasteiger partial charge in [-0.05, 0) is 68.9 Å². The number of rotatable bonds is 12. The van der Waals surface area contributed by atoms with Crippen LogP contribution in [0.5, 0.6) is 0 Å². The van der Waals surface area contributed by atoms with Crippen LogP contribution in [0.25, 0.3) is 0 Å². The summed E-state index contributed by atoms with van der Waals surface area (Å²) in [5.41, 5.74) is 0. The highest BCUT2D eigenvalue weighted by Crippen LogP contribution is 2.48. The molecule has 0 radical (unpaired) electrons. The van der Waals surface area contributed by atoms with E-state index >= 15 is 0 Å². The number of unbranched alkanes of at least 4 members (excludes halogenated alkanes) is 5. The third kappa shape index (κ3) is 5.87. The quantitative estimate of drug-likeness (QED) is 0.243. The van der Waals surface area contributed by atoms with Gasteiger partial charge in [-0.1, -0.05) is 84.0 Å². The SMILES string of the molecule is CCCCCCCCC(C1NCCC2CCCCC21)C(OC)(OC)C1NCCC2CCCCC21. The van der Waals surface area contributed by atoms with Crippen molar-refractivity contribution in [3.8, 4) is 0 Å². The summed E-state index contributed by atoms with van der Waals surface area (Å²) in [7, 11) is 3.90. The first kappa shape index (κ1) is 26.9. The zero-order valence-corrected chi connectivity index (χ0v) is 22.8. The van der Waals surface area contributed by atoms with Crippen LogP contribution in [0.15, 0.2) is 0 Å². The van der Waals surface area contributed by atoms with Gasteiger partial charge < -0.3 is 20.1 Å². The van der Waals surface area contributed by atoms with Gasteiger partial charge in [0.15, 0.2) is 5.79 Å². The molecule has 0 amide bonds. The van der Waals surface area contributed by atoms with Gasteiger partial charge in [0.2, 0.25) is 0 Å². The summed E-state index contributed by atoms with van der Waals surface area (Å²) >= 11 is 0. The normalized spacial score (nSPS) is 35.4. The number of hydrogen-bond acceptors (Lipinski definition) is 4. The zero-order chi connectivity index (χ0) is 23.8. The standard InChI is InChI=1S/C30H56N2O2/c1-4-5-6-7-8-9-18-27(28-25-16-12-10-14-23(25)19-21-31-28)30(33-2,34-3)29-26-17-13-11-15-24(26)20-22-32-29/h23-29,31-32H,4-22H2,1-3H3. The first-order chi connectivity index (χ1) is 16.7. The molecule has 0 bridgehead atoms. The van der Waals surface area contributed by atoms with Crippen molar-refractivity contribution in [1.82, 2.24) is 10.6 Å². The zero-order valence-electron chi connectivity index (χ0n) is 22.8. The second-order valence-electron chi connectivity index (χ2n) is 12.2. The Morgan fingerprint density at radius 3 is 2.00 bits per heavy atom. The number of ether oxygens (including phenoxy) is 2. The number of fused-ring (bicyclic) bond motifs is 2. The van der Waals surface area contributed by atoms with E-state index in [2.05, 4.69) is 17.6 Å². The van der Waals surface area contributed by atoms with Gasteiger partial charge in [-0.2, -0.15) is 0 Å². The molecule has 4 aliphatic rings.